The number of hydrogen-bond donors (Lipinski definition) is 2. The van der Waals surface area contributed by atoms with Crippen LogP contribution in [0.3, 0.4) is 0 Å². The molecule has 0 saturated carbocycles. The molecule has 0 aliphatic carbocycles. The molecule has 1 aliphatic rings. The van der Waals surface area contributed by atoms with Gasteiger partial charge in [-0.2, -0.15) is 0 Å². The van der Waals surface area contributed by atoms with Crippen LogP contribution in [0, 0.1) is 11.3 Å². The fraction of sp³-hybridized carbons (Fsp3) is 0.857. The highest BCUT2D eigenvalue weighted by Gasteiger charge is 2.11. The predicted molar refractivity (Wildman–Crippen MR) is 40.5 cm³/mol. The van der Waals surface area contributed by atoms with Gasteiger partial charge >= 0.3 is 0 Å². The Morgan fingerprint density at radius 2 is 1.90 bits per heavy atom. The first-order valence-electron chi connectivity index (χ1n) is 3.47. The van der Waals surface area contributed by atoms with Gasteiger partial charge in [-0.15, -0.1) is 0 Å². The molecule has 0 unspecified atom stereocenters. The van der Waals surface area contributed by atoms with Crippen molar-refractivity contribution >= 4 is 6.72 Å². The molecular formula is C7H15NO2. The highest BCUT2D eigenvalue weighted by Crippen LogP contribution is 2.12. The van der Waals surface area contributed by atoms with Crippen LogP contribution >= 0.6 is 0 Å². The highest BCUT2D eigenvalue weighted by atomic mass is 16.5. The molecule has 0 atom stereocenters. The molecule has 1 saturated heterocycles. The number of hydrogen-bond acceptors (Lipinski definition) is 3. The van der Waals surface area contributed by atoms with Gasteiger partial charge in [-0.3, -0.25) is 0 Å². The number of aliphatic hydroxyl groups excluding tert-OH is 1. The summed E-state index contributed by atoms with van der Waals surface area (Å²) in [4.78, 5) is 0. The molecule has 1 rings (SSSR count). The van der Waals surface area contributed by atoms with E-state index in [-0.39, 0.29) is 0 Å². The fourth-order valence-corrected chi connectivity index (χ4v) is 0.929. The van der Waals surface area contributed by atoms with E-state index in [1.165, 1.54) is 0 Å². The van der Waals surface area contributed by atoms with Gasteiger partial charge in [-0.1, -0.05) is 0 Å². The van der Waals surface area contributed by atoms with Crippen LogP contribution in [0.2, 0.25) is 0 Å². The van der Waals surface area contributed by atoms with Crippen LogP contribution in [0.15, 0.2) is 0 Å². The Hall–Kier alpha value is -0.410. The summed E-state index contributed by atoms with van der Waals surface area (Å²) >= 11 is 0. The van der Waals surface area contributed by atoms with E-state index in [0.29, 0.717) is 12.5 Å². The van der Waals surface area contributed by atoms with Gasteiger partial charge in [0, 0.05) is 19.8 Å². The molecule has 0 aromatic rings. The number of rotatable bonds is 1. The molecule has 1 heterocycles. The summed E-state index contributed by atoms with van der Waals surface area (Å²) in [5.74, 6) is 0.517. The molecule has 0 amide bonds. The largest absolute Gasteiger partial charge is 0.396 e. The van der Waals surface area contributed by atoms with E-state index in [9.17, 15) is 0 Å². The molecule has 60 valence electrons. The summed E-state index contributed by atoms with van der Waals surface area (Å²) in [5.41, 5.74) is 0. The van der Waals surface area contributed by atoms with Crippen LogP contribution in [-0.2, 0) is 4.74 Å². The average molecular weight is 145 g/mol. The number of aliphatic hydroxyl groups is 1. The molecule has 1 aliphatic heterocycles. The SMILES string of the molecule is C=N.OCC1CCOCC1. The van der Waals surface area contributed by atoms with E-state index in [0.717, 1.165) is 26.1 Å². The molecule has 3 heteroatoms. The van der Waals surface area contributed by atoms with E-state index in [2.05, 4.69) is 6.72 Å². The zero-order chi connectivity index (χ0) is 7.82. The maximum Gasteiger partial charge on any atom is 0.0469 e. The standard InChI is InChI=1S/C6H12O2.CH3N/c7-5-6-1-3-8-4-2-6;1-2/h6-7H,1-5H2;2H,1H2. The maximum absolute atomic E-state index is 8.64. The van der Waals surface area contributed by atoms with Gasteiger partial charge in [0.05, 0.1) is 0 Å². The highest BCUT2D eigenvalue weighted by molar-refractivity contribution is 5.15. The van der Waals surface area contributed by atoms with E-state index in [1.54, 1.807) is 0 Å². The van der Waals surface area contributed by atoms with Crippen LogP contribution in [0.25, 0.3) is 0 Å². The van der Waals surface area contributed by atoms with Crippen LogP contribution in [0.4, 0.5) is 0 Å². The summed E-state index contributed by atoms with van der Waals surface area (Å²) in [6, 6.07) is 0. The molecule has 0 aromatic carbocycles. The Kier molecular flexibility index (Phi) is 6.43. The number of nitrogens with one attached hydrogen (secondary N) is 1. The average Bonchev–Trinajstić information content (AvgIpc) is 2.10. The summed E-state index contributed by atoms with van der Waals surface area (Å²) in [6.07, 6.45) is 2.08. The molecule has 10 heavy (non-hydrogen) atoms. The van der Waals surface area contributed by atoms with Gasteiger partial charge in [-0.25, -0.2) is 0 Å². The van der Waals surface area contributed by atoms with E-state index >= 15 is 0 Å². The second-order valence-corrected chi connectivity index (χ2v) is 2.24. The van der Waals surface area contributed by atoms with Gasteiger partial charge < -0.3 is 15.3 Å². The van der Waals surface area contributed by atoms with Crippen LogP contribution in [-0.4, -0.2) is 31.6 Å². The summed E-state index contributed by atoms with van der Waals surface area (Å²) in [6.45, 7) is 4.51. The summed E-state index contributed by atoms with van der Waals surface area (Å²) in [7, 11) is 0. The van der Waals surface area contributed by atoms with Crippen molar-refractivity contribution in [1.29, 1.82) is 5.41 Å². The lowest BCUT2D eigenvalue weighted by molar-refractivity contribution is 0.0455. The van der Waals surface area contributed by atoms with Crippen molar-refractivity contribution in [3.63, 3.8) is 0 Å². The van der Waals surface area contributed by atoms with Crippen molar-refractivity contribution in [1.82, 2.24) is 0 Å². The summed E-state index contributed by atoms with van der Waals surface area (Å²) < 4.78 is 5.09. The van der Waals surface area contributed by atoms with Gasteiger partial charge in [0.1, 0.15) is 0 Å². The number of ether oxygens (including phenoxy) is 1. The zero-order valence-electron chi connectivity index (χ0n) is 6.18. The van der Waals surface area contributed by atoms with Gasteiger partial charge in [0.25, 0.3) is 0 Å². The smallest absolute Gasteiger partial charge is 0.0469 e. The van der Waals surface area contributed by atoms with Gasteiger partial charge in [-0.05, 0) is 25.5 Å². The summed E-state index contributed by atoms with van der Waals surface area (Å²) in [5, 5.41) is 14.1. The molecule has 0 spiro atoms. The monoisotopic (exact) mass is 145 g/mol. The van der Waals surface area contributed by atoms with Crippen molar-refractivity contribution in [2.24, 2.45) is 5.92 Å². The van der Waals surface area contributed by atoms with Gasteiger partial charge in [0.15, 0.2) is 0 Å². The first-order valence-corrected chi connectivity index (χ1v) is 3.47. The molecule has 2 N–H and O–H groups in total. The predicted octanol–water partition coefficient (Wildman–Crippen LogP) is 0.671. The van der Waals surface area contributed by atoms with Crippen LogP contribution < -0.4 is 0 Å². The molecule has 1 fully saturated rings. The lowest BCUT2D eigenvalue weighted by atomic mass is 10.0. The minimum atomic E-state index is 0.337. The molecule has 0 radical (unpaired) electrons. The second-order valence-electron chi connectivity index (χ2n) is 2.24. The minimum Gasteiger partial charge on any atom is -0.396 e. The Bertz CT molecular complexity index is 72.0. The maximum atomic E-state index is 8.64. The third-order valence-electron chi connectivity index (χ3n) is 1.60. The van der Waals surface area contributed by atoms with E-state index in [4.69, 9.17) is 15.3 Å². The zero-order valence-corrected chi connectivity index (χ0v) is 6.18. The van der Waals surface area contributed by atoms with Crippen molar-refractivity contribution in [3.05, 3.63) is 0 Å². The second kappa shape index (κ2) is 6.71. The van der Waals surface area contributed by atoms with Gasteiger partial charge in [0.2, 0.25) is 0 Å². The topological polar surface area (TPSA) is 53.3 Å². The van der Waals surface area contributed by atoms with Crippen LogP contribution in [0.5, 0.6) is 0 Å². The Labute approximate surface area is 61.5 Å². The third-order valence-corrected chi connectivity index (χ3v) is 1.60. The lowest BCUT2D eigenvalue weighted by Gasteiger charge is -2.18. The van der Waals surface area contributed by atoms with Crippen molar-refractivity contribution in [3.8, 4) is 0 Å². The minimum absolute atomic E-state index is 0.337. The third kappa shape index (κ3) is 3.58. The first-order chi connectivity index (χ1) is 4.93. The molecule has 0 aromatic heterocycles. The van der Waals surface area contributed by atoms with Crippen molar-refractivity contribution in [2.45, 2.75) is 12.8 Å². The molecule has 3 nitrogen and oxygen atoms in total. The van der Waals surface area contributed by atoms with E-state index in [1.807, 2.05) is 0 Å². The molecule has 0 bridgehead atoms. The normalized spacial score (nSPS) is 19.3. The quantitative estimate of drug-likeness (QED) is 0.533. The van der Waals surface area contributed by atoms with Crippen LogP contribution in [0.1, 0.15) is 12.8 Å². The Balaban J connectivity index is 0.000000371. The van der Waals surface area contributed by atoms with Crippen molar-refractivity contribution < 1.29 is 9.84 Å². The fourth-order valence-electron chi connectivity index (χ4n) is 0.929. The Morgan fingerprint density at radius 3 is 2.20 bits per heavy atom. The molecular weight excluding hydrogens is 130 g/mol. The first kappa shape index (κ1) is 9.59. The van der Waals surface area contributed by atoms with Crippen molar-refractivity contribution in [2.75, 3.05) is 19.8 Å². The van der Waals surface area contributed by atoms with E-state index < -0.39 is 0 Å². The lowest BCUT2D eigenvalue weighted by Crippen LogP contribution is -2.18. The Morgan fingerprint density at radius 1 is 1.40 bits per heavy atom.